The second-order valence-corrected chi connectivity index (χ2v) is 4.15. The number of carbonyl (C=O) groups excluding carboxylic acids is 1. The molecule has 1 heterocycles. The lowest BCUT2D eigenvalue weighted by molar-refractivity contribution is -0.131. The van der Waals surface area contributed by atoms with Crippen molar-refractivity contribution in [1.29, 1.82) is 0 Å². The Morgan fingerprint density at radius 3 is 2.93 bits per heavy atom. The van der Waals surface area contributed by atoms with Gasteiger partial charge in [-0.15, -0.1) is 0 Å². The maximum absolute atomic E-state index is 11.1. The van der Waals surface area contributed by atoms with Crippen molar-refractivity contribution in [1.82, 2.24) is 0 Å². The van der Waals surface area contributed by atoms with E-state index in [4.69, 9.17) is 4.74 Å². The van der Waals surface area contributed by atoms with E-state index < -0.39 is 0 Å². The normalized spacial score (nSPS) is 14.4. The molecule has 0 bridgehead atoms. The van der Waals surface area contributed by atoms with Gasteiger partial charge in [-0.3, -0.25) is 4.79 Å². The highest BCUT2D eigenvalue weighted by Gasteiger charge is 2.22. The van der Waals surface area contributed by atoms with E-state index in [1.807, 2.05) is 18.2 Å². The molecule has 0 saturated heterocycles. The molecule has 0 amide bonds. The van der Waals surface area contributed by atoms with E-state index in [0.717, 1.165) is 23.3 Å². The van der Waals surface area contributed by atoms with Gasteiger partial charge >= 0.3 is 5.97 Å². The molecule has 2 nitrogen and oxygen atoms in total. The Balaban J connectivity index is 2.34. The third-order valence-corrected chi connectivity index (χ3v) is 2.36. The number of esters is 1. The summed E-state index contributed by atoms with van der Waals surface area (Å²) in [6, 6.07) is 6.00. The van der Waals surface area contributed by atoms with Gasteiger partial charge in [0.2, 0.25) is 0 Å². The average molecular weight is 190 g/mol. The van der Waals surface area contributed by atoms with E-state index in [0.29, 0.717) is 12.3 Å². The molecule has 0 unspecified atom stereocenters. The number of carbonyl (C=O) groups is 1. The maximum Gasteiger partial charge on any atom is 0.315 e. The van der Waals surface area contributed by atoms with Crippen LogP contribution in [0.15, 0.2) is 18.2 Å². The van der Waals surface area contributed by atoms with Crippen molar-refractivity contribution >= 4 is 5.97 Å². The summed E-state index contributed by atoms with van der Waals surface area (Å²) in [7, 11) is 0. The molecule has 1 aromatic rings. The molecule has 14 heavy (non-hydrogen) atoms. The SMILES string of the molecule is CC(C)Cc1cccc2c1OC(=O)C2. The fourth-order valence-electron chi connectivity index (χ4n) is 1.81. The molecule has 0 fully saturated rings. The van der Waals surface area contributed by atoms with Crippen LogP contribution in [0.2, 0.25) is 0 Å². The van der Waals surface area contributed by atoms with Gasteiger partial charge in [0.15, 0.2) is 0 Å². The molecule has 1 aliphatic heterocycles. The monoisotopic (exact) mass is 190 g/mol. The fraction of sp³-hybridized carbons (Fsp3) is 0.417. The fourth-order valence-corrected chi connectivity index (χ4v) is 1.81. The van der Waals surface area contributed by atoms with Gasteiger partial charge in [-0.1, -0.05) is 32.0 Å². The van der Waals surface area contributed by atoms with E-state index in [1.54, 1.807) is 0 Å². The van der Waals surface area contributed by atoms with Crippen LogP contribution < -0.4 is 4.74 Å². The van der Waals surface area contributed by atoms with Crippen LogP contribution in [0.3, 0.4) is 0 Å². The smallest absolute Gasteiger partial charge is 0.315 e. The zero-order chi connectivity index (χ0) is 10.1. The van der Waals surface area contributed by atoms with Crippen LogP contribution in [0.4, 0.5) is 0 Å². The first kappa shape index (κ1) is 9.25. The molecule has 0 atom stereocenters. The summed E-state index contributed by atoms with van der Waals surface area (Å²) in [4.78, 5) is 11.1. The lowest BCUT2D eigenvalue weighted by Gasteiger charge is -2.08. The Kier molecular flexibility index (Phi) is 2.28. The molecular formula is C12H14O2. The molecule has 1 aliphatic rings. The predicted octanol–water partition coefficient (Wildman–Crippen LogP) is 2.35. The van der Waals surface area contributed by atoms with Crippen LogP contribution in [-0.2, 0) is 17.6 Å². The molecule has 0 aliphatic carbocycles. The summed E-state index contributed by atoms with van der Waals surface area (Å²) >= 11 is 0. The molecule has 0 saturated carbocycles. The van der Waals surface area contributed by atoms with Crippen molar-refractivity contribution in [3.63, 3.8) is 0 Å². The van der Waals surface area contributed by atoms with Crippen molar-refractivity contribution in [3.8, 4) is 5.75 Å². The third-order valence-electron chi connectivity index (χ3n) is 2.36. The summed E-state index contributed by atoms with van der Waals surface area (Å²) in [6.07, 6.45) is 1.40. The van der Waals surface area contributed by atoms with Gasteiger partial charge in [-0.25, -0.2) is 0 Å². The Morgan fingerprint density at radius 1 is 1.43 bits per heavy atom. The van der Waals surface area contributed by atoms with E-state index in [9.17, 15) is 4.79 Å². The van der Waals surface area contributed by atoms with Crippen molar-refractivity contribution in [2.45, 2.75) is 26.7 Å². The number of rotatable bonds is 2. The highest BCUT2D eigenvalue weighted by atomic mass is 16.5. The summed E-state index contributed by atoms with van der Waals surface area (Å²) in [6.45, 7) is 4.33. The predicted molar refractivity (Wildman–Crippen MR) is 54.3 cm³/mol. The van der Waals surface area contributed by atoms with Gasteiger partial charge in [0.25, 0.3) is 0 Å². The van der Waals surface area contributed by atoms with Gasteiger partial charge in [0.05, 0.1) is 6.42 Å². The van der Waals surface area contributed by atoms with Crippen molar-refractivity contribution in [3.05, 3.63) is 29.3 Å². The Bertz CT molecular complexity index is 367. The molecule has 0 aromatic heterocycles. The third kappa shape index (κ3) is 1.65. The number of benzene rings is 1. The van der Waals surface area contributed by atoms with Crippen LogP contribution in [0.5, 0.6) is 5.75 Å². The maximum atomic E-state index is 11.1. The summed E-state index contributed by atoms with van der Waals surface area (Å²) in [5, 5.41) is 0. The van der Waals surface area contributed by atoms with E-state index in [2.05, 4.69) is 13.8 Å². The lowest BCUT2D eigenvalue weighted by atomic mass is 9.99. The van der Waals surface area contributed by atoms with Crippen molar-refractivity contribution in [2.24, 2.45) is 5.92 Å². The minimum Gasteiger partial charge on any atom is -0.426 e. The molecule has 2 heteroatoms. The van der Waals surface area contributed by atoms with Gasteiger partial charge < -0.3 is 4.74 Å². The first-order valence-corrected chi connectivity index (χ1v) is 4.98. The van der Waals surface area contributed by atoms with Gasteiger partial charge in [0.1, 0.15) is 5.75 Å². The van der Waals surface area contributed by atoms with Crippen LogP contribution >= 0.6 is 0 Å². The van der Waals surface area contributed by atoms with Crippen LogP contribution in [0, 0.1) is 5.92 Å². The molecule has 0 radical (unpaired) electrons. The van der Waals surface area contributed by atoms with Gasteiger partial charge in [0, 0.05) is 5.56 Å². The zero-order valence-electron chi connectivity index (χ0n) is 8.54. The molecule has 0 N–H and O–H groups in total. The molecule has 2 rings (SSSR count). The first-order chi connectivity index (χ1) is 6.66. The summed E-state index contributed by atoms with van der Waals surface area (Å²) in [5.41, 5.74) is 2.19. The number of ether oxygens (including phenoxy) is 1. The largest absolute Gasteiger partial charge is 0.426 e. The van der Waals surface area contributed by atoms with Gasteiger partial charge in [-0.2, -0.15) is 0 Å². The lowest BCUT2D eigenvalue weighted by Crippen LogP contribution is -2.02. The number of fused-ring (bicyclic) bond motifs is 1. The number of hydrogen-bond donors (Lipinski definition) is 0. The average Bonchev–Trinajstić information content (AvgIpc) is 2.45. The standard InChI is InChI=1S/C12H14O2/c1-8(2)6-9-4-3-5-10-7-11(13)14-12(9)10/h3-5,8H,6-7H2,1-2H3. The van der Waals surface area contributed by atoms with Crippen molar-refractivity contribution < 1.29 is 9.53 Å². The summed E-state index contributed by atoms with van der Waals surface area (Å²) in [5.74, 6) is 1.27. The number of hydrogen-bond acceptors (Lipinski definition) is 2. The first-order valence-electron chi connectivity index (χ1n) is 4.98. The van der Waals surface area contributed by atoms with Crippen LogP contribution in [0.1, 0.15) is 25.0 Å². The topological polar surface area (TPSA) is 26.3 Å². The highest BCUT2D eigenvalue weighted by Crippen LogP contribution is 2.31. The number of para-hydroxylation sites is 1. The van der Waals surface area contributed by atoms with Crippen LogP contribution in [0.25, 0.3) is 0 Å². The zero-order valence-corrected chi connectivity index (χ0v) is 8.54. The molecule has 74 valence electrons. The van der Waals surface area contributed by atoms with E-state index >= 15 is 0 Å². The Hall–Kier alpha value is -1.31. The minimum atomic E-state index is -0.129. The summed E-state index contributed by atoms with van der Waals surface area (Å²) < 4.78 is 5.20. The van der Waals surface area contributed by atoms with Gasteiger partial charge in [-0.05, 0) is 17.9 Å². The van der Waals surface area contributed by atoms with Crippen LogP contribution in [-0.4, -0.2) is 5.97 Å². The highest BCUT2D eigenvalue weighted by molar-refractivity contribution is 5.81. The minimum absolute atomic E-state index is 0.129. The second-order valence-electron chi connectivity index (χ2n) is 4.15. The molecule has 0 spiro atoms. The van der Waals surface area contributed by atoms with E-state index in [-0.39, 0.29) is 5.97 Å². The molecular weight excluding hydrogens is 176 g/mol. The van der Waals surface area contributed by atoms with E-state index in [1.165, 1.54) is 0 Å². The van der Waals surface area contributed by atoms with Crippen molar-refractivity contribution in [2.75, 3.05) is 0 Å². The molecule has 1 aromatic carbocycles. The second kappa shape index (κ2) is 3.45. The Labute approximate surface area is 83.9 Å². The Morgan fingerprint density at radius 2 is 2.21 bits per heavy atom. The quantitative estimate of drug-likeness (QED) is 0.528.